The second-order valence-electron chi connectivity index (χ2n) is 4.10. The Bertz CT molecular complexity index is 504. The number of halogens is 2. The van der Waals surface area contributed by atoms with E-state index >= 15 is 0 Å². The van der Waals surface area contributed by atoms with Crippen LogP contribution in [0.4, 0.5) is 5.82 Å². The van der Waals surface area contributed by atoms with Crippen LogP contribution in [0.3, 0.4) is 0 Å². The number of hydrogen-bond donors (Lipinski definition) is 0. The second-order valence-corrected chi connectivity index (χ2v) is 4.85. The average molecular weight is 266 g/mol. The summed E-state index contributed by atoms with van der Waals surface area (Å²) in [6, 6.07) is 0. The summed E-state index contributed by atoms with van der Waals surface area (Å²) in [6.07, 6.45) is 0. The normalized spacial score (nSPS) is 11.6. The molecule has 0 N–H and O–H groups in total. The van der Waals surface area contributed by atoms with E-state index in [1.165, 1.54) is 0 Å². The summed E-state index contributed by atoms with van der Waals surface area (Å²) in [4.78, 5) is 21.5. The Labute approximate surface area is 101 Å². The molecule has 1 aromatic rings. The van der Waals surface area contributed by atoms with E-state index in [0.29, 0.717) is 0 Å². The Morgan fingerprint density at radius 3 is 2.19 bits per heavy atom. The Morgan fingerprint density at radius 2 is 1.81 bits per heavy atom. The molecule has 0 unspecified atom stereocenters. The van der Waals surface area contributed by atoms with Crippen LogP contribution in [0.5, 0.6) is 0 Å². The fraction of sp³-hybridized carbons (Fsp3) is 0.500. The van der Waals surface area contributed by atoms with Crippen LogP contribution in [0.2, 0.25) is 10.0 Å². The van der Waals surface area contributed by atoms with Gasteiger partial charge in [0.1, 0.15) is 5.02 Å². The van der Waals surface area contributed by atoms with Gasteiger partial charge in [-0.15, -0.1) is 4.68 Å². The molecule has 0 saturated carbocycles. The number of nitrogens with zero attached hydrogens (tertiary/aromatic N) is 3. The lowest BCUT2D eigenvalue weighted by Gasteiger charge is -2.16. The lowest BCUT2D eigenvalue weighted by molar-refractivity contribution is -0.390. The molecule has 0 aliphatic carbocycles. The van der Waals surface area contributed by atoms with E-state index in [1.807, 2.05) is 0 Å². The zero-order chi connectivity index (χ0) is 12.7. The zero-order valence-electron chi connectivity index (χ0n) is 8.82. The van der Waals surface area contributed by atoms with Gasteiger partial charge in [0.15, 0.2) is 5.02 Å². The first kappa shape index (κ1) is 12.9. The predicted octanol–water partition coefficient (Wildman–Crippen LogP) is 2.21. The molecule has 0 amide bonds. The highest BCUT2D eigenvalue weighted by Gasteiger charge is 2.29. The van der Waals surface area contributed by atoms with Crippen LogP contribution in [-0.4, -0.2) is 14.7 Å². The van der Waals surface area contributed by atoms with Gasteiger partial charge in [0.25, 0.3) is 0 Å². The molecule has 0 bridgehead atoms. The molecule has 0 radical (unpaired) electrons. The molecule has 0 atom stereocenters. The van der Waals surface area contributed by atoms with Crippen LogP contribution in [0, 0.1) is 10.1 Å². The van der Waals surface area contributed by atoms with Crippen LogP contribution >= 0.6 is 23.2 Å². The molecule has 0 fully saturated rings. The van der Waals surface area contributed by atoms with Crippen molar-refractivity contribution in [3.8, 4) is 0 Å². The monoisotopic (exact) mass is 265 g/mol. The van der Waals surface area contributed by atoms with E-state index in [1.54, 1.807) is 20.8 Å². The molecule has 0 aromatic carbocycles. The highest BCUT2D eigenvalue weighted by atomic mass is 35.5. The number of nitro groups is 1. The lowest BCUT2D eigenvalue weighted by atomic mass is 10.1. The third-order valence-electron chi connectivity index (χ3n) is 1.77. The Morgan fingerprint density at radius 1 is 1.31 bits per heavy atom. The van der Waals surface area contributed by atoms with E-state index in [-0.39, 0.29) is 0 Å². The standard InChI is InChI=1S/C8H9Cl2N3O3/c1-8(2,3)12-7(14)5(10)4(9)6(11-12)13(15)16/h1-3H3. The van der Waals surface area contributed by atoms with Crippen LogP contribution < -0.4 is 5.56 Å². The highest BCUT2D eigenvalue weighted by molar-refractivity contribution is 6.42. The van der Waals surface area contributed by atoms with Crippen molar-refractivity contribution in [2.75, 3.05) is 0 Å². The van der Waals surface area contributed by atoms with Crippen molar-refractivity contribution in [2.45, 2.75) is 26.3 Å². The van der Waals surface area contributed by atoms with Gasteiger partial charge in [0.05, 0.1) is 10.6 Å². The number of rotatable bonds is 1. The zero-order valence-corrected chi connectivity index (χ0v) is 10.3. The summed E-state index contributed by atoms with van der Waals surface area (Å²) in [5.41, 5.74) is -1.36. The summed E-state index contributed by atoms with van der Waals surface area (Å²) in [6.45, 7) is 5.03. The molecule has 16 heavy (non-hydrogen) atoms. The number of aromatic nitrogens is 2. The van der Waals surface area contributed by atoms with Gasteiger partial charge in [-0.1, -0.05) is 23.2 Å². The fourth-order valence-corrected chi connectivity index (χ4v) is 1.39. The van der Waals surface area contributed by atoms with Gasteiger partial charge < -0.3 is 10.1 Å². The van der Waals surface area contributed by atoms with Crippen molar-refractivity contribution >= 4 is 29.0 Å². The molecule has 88 valence electrons. The smallest absolute Gasteiger partial charge is 0.358 e. The molecular formula is C8H9Cl2N3O3. The summed E-state index contributed by atoms with van der Waals surface area (Å²) in [7, 11) is 0. The lowest BCUT2D eigenvalue weighted by Crippen LogP contribution is -2.36. The third-order valence-corrected chi connectivity index (χ3v) is 2.58. The third kappa shape index (κ3) is 2.17. The molecule has 0 aliphatic rings. The molecule has 8 heteroatoms. The van der Waals surface area contributed by atoms with Gasteiger partial charge in [-0.25, -0.2) is 0 Å². The fourth-order valence-electron chi connectivity index (χ4n) is 1.04. The van der Waals surface area contributed by atoms with Gasteiger partial charge in [-0.05, 0) is 25.7 Å². The van der Waals surface area contributed by atoms with E-state index in [4.69, 9.17) is 23.2 Å². The van der Waals surface area contributed by atoms with E-state index in [2.05, 4.69) is 5.10 Å². The molecule has 0 aliphatic heterocycles. The van der Waals surface area contributed by atoms with Crippen LogP contribution in [0.25, 0.3) is 0 Å². The minimum atomic E-state index is -0.782. The van der Waals surface area contributed by atoms with Crippen molar-refractivity contribution in [3.05, 3.63) is 30.5 Å². The first-order valence-corrected chi connectivity index (χ1v) is 5.05. The first-order valence-electron chi connectivity index (χ1n) is 4.29. The van der Waals surface area contributed by atoms with Crippen LogP contribution in [0.15, 0.2) is 4.79 Å². The topological polar surface area (TPSA) is 78.0 Å². The number of hydrogen-bond acceptors (Lipinski definition) is 4. The highest BCUT2D eigenvalue weighted by Crippen LogP contribution is 2.27. The summed E-state index contributed by atoms with van der Waals surface area (Å²) >= 11 is 11.2. The van der Waals surface area contributed by atoms with Crippen molar-refractivity contribution in [1.82, 2.24) is 9.78 Å². The SMILES string of the molecule is CC(C)(C)n1nc([N+](=O)[O-])c(Cl)c(Cl)c1=O. The molecule has 0 spiro atoms. The Hall–Kier alpha value is -1.14. The quantitative estimate of drug-likeness (QED) is 0.576. The van der Waals surface area contributed by atoms with Gasteiger partial charge in [0, 0.05) is 0 Å². The summed E-state index contributed by atoms with van der Waals surface area (Å²) in [5.74, 6) is -0.624. The van der Waals surface area contributed by atoms with E-state index in [9.17, 15) is 14.9 Å². The van der Waals surface area contributed by atoms with Crippen molar-refractivity contribution in [1.29, 1.82) is 0 Å². The van der Waals surface area contributed by atoms with Crippen molar-refractivity contribution in [3.63, 3.8) is 0 Å². The van der Waals surface area contributed by atoms with E-state index in [0.717, 1.165) is 4.68 Å². The molecule has 6 nitrogen and oxygen atoms in total. The van der Waals surface area contributed by atoms with Crippen LogP contribution in [0.1, 0.15) is 20.8 Å². The predicted molar refractivity (Wildman–Crippen MR) is 60.2 cm³/mol. The largest absolute Gasteiger partial charge is 0.408 e. The summed E-state index contributed by atoms with van der Waals surface area (Å²) < 4.78 is 0.944. The minimum Gasteiger partial charge on any atom is -0.358 e. The maximum absolute atomic E-state index is 11.7. The Balaban J connectivity index is 3.68. The maximum Gasteiger partial charge on any atom is 0.408 e. The molecular weight excluding hydrogens is 257 g/mol. The van der Waals surface area contributed by atoms with Gasteiger partial charge >= 0.3 is 11.4 Å². The first-order chi connectivity index (χ1) is 7.16. The minimum absolute atomic E-state index is 0.390. The van der Waals surface area contributed by atoms with E-state index < -0.39 is 31.9 Å². The summed E-state index contributed by atoms with van der Waals surface area (Å²) in [5, 5.41) is 13.4. The van der Waals surface area contributed by atoms with Crippen molar-refractivity contribution < 1.29 is 4.92 Å². The van der Waals surface area contributed by atoms with Gasteiger partial charge in [-0.3, -0.25) is 4.79 Å². The molecule has 0 saturated heterocycles. The molecule has 1 heterocycles. The van der Waals surface area contributed by atoms with Crippen molar-refractivity contribution in [2.24, 2.45) is 0 Å². The molecule has 1 aromatic heterocycles. The van der Waals surface area contributed by atoms with Crippen LogP contribution in [-0.2, 0) is 5.54 Å². The van der Waals surface area contributed by atoms with Gasteiger partial charge in [-0.2, -0.15) is 0 Å². The average Bonchev–Trinajstić information content (AvgIpc) is 2.11. The Kier molecular flexibility index (Phi) is 3.25. The molecule has 1 rings (SSSR count). The van der Waals surface area contributed by atoms with Gasteiger partial charge in [0.2, 0.25) is 0 Å². The second kappa shape index (κ2) is 4.03. The maximum atomic E-state index is 11.7.